The smallest absolute Gasteiger partial charge is 0.246 e. The number of rotatable bonds is 3. The highest BCUT2D eigenvalue weighted by Crippen LogP contribution is 2.41. The Morgan fingerprint density at radius 1 is 1.52 bits per heavy atom. The summed E-state index contributed by atoms with van der Waals surface area (Å²) in [5, 5.41) is 12.7. The number of hydrogen-bond acceptors (Lipinski definition) is 5. The van der Waals surface area contributed by atoms with Gasteiger partial charge in [-0.2, -0.15) is 5.26 Å². The third-order valence-electron chi connectivity index (χ3n) is 4.57. The van der Waals surface area contributed by atoms with Crippen LogP contribution >= 0.6 is 11.3 Å². The Labute approximate surface area is 129 Å². The van der Waals surface area contributed by atoms with Crippen molar-refractivity contribution in [1.29, 1.82) is 5.26 Å². The fraction of sp³-hybridized carbons (Fsp3) is 0.667. The van der Waals surface area contributed by atoms with E-state index in [1.54, 1.807) is 11.3 Å². The van der Waals surface area contributed by atoms with E-state index in [1.165, 1.54) is 4.88 Å². The molecule has 21 heavy (non-hydrogen) atoms. The van der Waals surface area contributed by atoms with Crippen molar-refractivity contribution in [1.82, 2.24) is 9.88 Å². The first-order chi connectivity index (χ1) is 10.0. The fourth-order valence-electron chi connectivity index (χ4n) is 2.85. The van der Waals surface area contributed by atoms with E-state index in [-0.39, 0.29) is 5.91 Å². The Hall–Kier alpha value is -1.45. The number of carbonyl (C=O) groups excluding carboxylic acids is 1. The van der Waals surface area contributed by atoms with Crippen LogP contribution in [0.25, 0.3) is 0 Å². The number of nitrogens with one attached hydrogen (secondary N) is 1. The Kier molecular flexibility index (Phi) is 3.72. The maximum Gasteiger partial charge on any atom is 0.246 e. The molecule has 0 aromatic carbocycles. The SMILES string of the molecule is CC(C)N1CCc2nc(NC(=O)C3(C#N)CCC3)sc2C1. The van der Waals surface area contributed by atoms with E-state index in [0.29, 0.717) is 24.0 Å². The molecule has 5 nitrogen and oxygen atoms in total. The van der Waals surface area contributed by atoms with E-state index >= 15 is 0 Å². The predicted molar refractivity (Wildman–Crippen MR) is 81.9 cm³/mol. The van der Waals surface area contributed by atoms with Crippen molar-refractivity contribution in [3.63, 3.8) is 0 Å². The van der Waals surface area contributed by atoms with Crippen LogP contribution in [0.5, 0.6) is 0 Å². The van der Waals surface area contributed by atoms with Crippen molar-refractivity contribution in [3.8, 4) is 6.07 Å². The van der Waals surface area contributed by atoms with Crippen molar-refractivity contribution >= 4 is 22.4 Å². The molecule has 6 heteroatoms. The molecule has 1 N–H and O–H groups in total. The van der Waals surface area contributed by atoms with Crippen LogP contribution < -0.4 is 5.32 Å². The number of thiazole rings is 1. The van der Waals surface area contributed by atoms with Gasteiger partial charge in [-0.25, -0.2) is 4.98 Å². The van der Waals surface area contributed by atoms with Crippen molar-refractivity contribution in [2.24, 2.45) is 5.41 Å². The fourth-order valence-corrected chi connectivity index (χ4v) is 3.88. The second-order valence-corrected chi connectivity index (χ2v) is 7.29. The van der Waals surface area contributed by atoms with Gasteiger partial charge in [0.1, 0.15) is 5.41 Å². The maximum absolute atomic E-state index is 12.3. The number of fused-ring (bicyclic) bond motifs is 1. The number of amides is 1. The monoisotopic (exact) mass is 304 g/mol. The minimum atomic E-state index is -0.809. The summed E-state index contributed by atoms with van der Waals surface area (Å²) < 4.78 is 0. The highest BCUT2D eigenvalue weighted by Gasteiger charge is 2.45. The highest BCUT2D eigenvalue weighted by atomic mass is 32.1. The number of hydrogen-bond donors (Lipinski definition) is 1. The van der Waals surface area contributed by atoms with E-state index in [1.807, 2.05) is 0 Å². The van der Waals surface area contributed by atoms with Crippen molar-refractivity contribution in [2.75, 3.05) is 11.9 Å². The van der Waals surface area contributed by atoms with Crippen molar-refractivity contribution < 1.29 is 4.79 Å². The third kappa shape index (κ3) is 2.56. The van der Waals surface area contributed by atoms with Crippen LogP contribution in [-0.2, 0) is 17.8 Å². The molecular weight excluding hydrogens is 284 g/mol. The molecular formula is C15H20N4OS. The molecule has 1 aliphatic carbocycles. The van der Waals surface area contributed by atoms with Gasteiger partial charge in [0.15, 0.2) is 5.13 Å². The lowest BCUT2D eigenvalue weighted by atomic mass is 9.69. The molecule has 1 amide bonds. The highest BCUT2D eigenvalue weighted by molar-refractivity contribution is 7.15. The van der Waals surface area contributed by atoms with Gasteiger partial charge in [-0.3, -0.25) is 9.69 Å². The summed E-state index contributed by atoms with van der Waals surface area (Å²) in [6.45, 7) is 6.32. The lowest BCUT2D eigenvalue weighted by Gasteiger charge is -2.32. The lowest BCUT2D eigenvalue weighted by molar-refractivity contribution is -0.126. The van der Waals surface area contributed by atoms with E-state index in [4.69, 9.17) is 0 Å². The lowest BCUT2D eigenvalue weighted by Crippen LogP contribution is -2.40. The summed E-state index contributed by atoms with van der Waals surface area (Å²) in [5.41, 5.74) is 0.294. The number of nitriles is 1. The number of nitrogens with zero attached hydrogens (tertiary/aromatic N) is 3. The van der Waals surface area contributed by atoms with Gasteiger partial charge in [0, 0.05) is 30.4 Å². The molecule has 0 radical (unpaired) electrons. The van der Waals surface area contributed by atoms with Crippen LogP contribution in [0.2, 0.25) is 0 Å². The summed E-state index contributed by atoms with van der Waals surface area (Å²) in [7, 11) is 0. The van der Waals surface area contributed by atoms with Gasteiger partial charge in [-0.1, -0.05) is 0 Å². The Morgan fingerprint density at radius 2 is 2.29 bits per heavy atom. The molecule has 2 aliphatic rings. The average Bonchev–Trinajstić information content (AvgIpc) is 2.78. The minimum Gasteiger partial charge on any atom is -0.301 e. The van der Waals surface area contributed by atoms with Crippen LogP contribution in [0.4, 0.5) is 5.13 Å². The normalized spacial score (nSPS) is 20.5. The topological polar surface area (TPSA) is 69.0 Å². The Bertz CT molecular complexity index is 597. The zero-order chi connectivity index (χ0) is 15.0. The largest absolute Gasteiger partial charge is 0.301 e. The van der Waals surface area contributed by atoms with E-state index in [0.717, 1.165) is 31.6 Å². The zero-order valence-corrected chi connectivity index (χ0v) is 13.3. The van der Waals surface area contributed by atoms with Gasteiger partial charge in [-0.05, 0) is 33.1 Å². The molecule has 112 valence electrons. The first kappa shape index (κ1) is 14.5. The molecule has 0 atom stereocenters. The van der Waals surface area contributed by atoms with Crippen LogP contribution in [0.3, 0.4) is 0 Å². The van der Waals surface area contributed by atoms with E-state index in [9.17, 15) is 10.1 Å². The van der Waals surface area contributed by atoms with Gasteiger partial charge in [0.25, 0.3) is 0 Å². The number of carbonyl (C=O) groups is 1. The average molecular weight is 304 g/mol. The number of aromatic nitrogens is 1. The van der Waals surface area contributed by atoms with E-state index < -0.39 is 5.41 Å². The summed E-state index contributed by atoms with van der Waals surface area (Å²) in [5.74, 6) is -0.178. The molecule has 2 heterocycles. The van der Waals surface area contributed by atoms with Crippen molar-refractivity contribution in [2.45, 2.75) is 52.1 Å². The molecule has 0 bridgehead atoms. The Morgan fingerprint density at radius 3 is 2.86 bits per heavy atom. The summed E-state index contributed by atoms with van der Waals surface area (Å²) in [6, 6.07) is 2.70. The second kappa shape index (κ2) is 5.39. The molecule has 1 saturated carbocycles. The molecule has 1 aliphatic heterocycles. The molecule has 0 spiro atoms. The van der Waals surface area contributed by atoms with E-state index in [2.05, 4.69) is 35.1 Å². The molecule has 0 unspecified atom stereocenters. The molecule has 1 aromatic rings. The minimum absolute atomic E-state index is 0.178. The quantitative estimate of drug-likeness (QED) is 0.931. The zero-order valence-electron chi connectivity index (χ0n) is 12.5. The summed E-state index contributed by atoms with van der Waals surface area (Å²) in [4.78, 5) is 20.4. The second-order valence-electron chi connectivity index (χ2n) is 6.20. The van der Waals surface area contributed by atoms with Gasteiger partial charge in [-0.15, -0.1) is 11.3 Å². The standard InChI is InChI=1S/C15H20N4OS/c1-10(2)19-7-4-11-12(8-19)21-14(17-11)18-13(20)15(9-16)5-3-6-15/h10H,3-8H2,1-2H3,(H,17,18,20). The van der Waals surface area contributed by atoms with Gasteiger partial charge >= 0.3 is 0 Å². The molecule has 0 saturated heterocycles. The van der Waals surface area contributed by atoms with Crippen molar-refractivity contribution in [3.05, 3.63) is 10.6 Å². The van der Waals surface area contributed by atoms with Gasteiger partial charge < -0.3 is 5.32 Å². The molecule has 1 fully saturated rings. The molecule has 3 rings (SSSR count). The van der Waals surface area contributed by atoms with Crippen LogP contribution in [0, 0.1) is 16.7 Å². The summed E-state index contributed by atoms with van der Waals surface area (Å²) >= 11 is 1.55. The maximum atomic E-state index is 12.3. The first-order valence-electron chi connectivity index (χ1n) is 7.49. The van der Waals surface area contributed by atoms with Gasteiger partial charge in [0.2, 0.25) is 5.91 Å². The predicted octanol–water partition coefficient (Wildman–Crippen LogP) is 2.54. The Balaban J connectivity index is 1.71. The summed E-state index contributed by atoms with van der Waals surface area (Å²) in [6.07, 6.45) is 3.23. The van der Waals surface area contributed by atoms with Crippen LogP contribution in [0.1, 0.15) is 43.7 Å². The third-order valence-corrected chi connectivity index (χ3v) is 5.57. The first-order valence-corrected chi connectivity index (χ1v) is 8.31. The number of anilines is 1. The van der Waals surface area contributed by atoms with Gasteiger partial charge in [0.05, 0.1) is 11.8 Å². The van der Waals surface area contributed by atoms with Crippen LogP contribution in [-0.4, -0.2) is 28.4 Å². The van der Waals surface area contributed by atoms with Crippen LogP contribution in [0.15, 0.2) is 0 Å². The molecule has 1 aromatic heterocycles.